The Balaban J connectivity index is 2.19. The number of aliphatic hydroxyl groups excluding tert-OH is 10. The van der Waals surface area contributed by atoms with E-state index in [1.54, 1.807) is 0 Å². The lowest BCUT2D eigenvalue weighted by molar-refractivity contribution is -0.212. The van der Waals surface area contributed by atoms with Crippen LogP contribution in [0, 0.1) is 0 Å². The van der Waals surface area contributed by atoms with Gasteiger partial charge in [0.2, 0.25) is 0 Å². The average molecular weight is 341 g/mol. The molecule has 0 bridgehead atoms. The van der Waals surface area contributed by atoms with Gasteiger partial charge in [-0.15, -0.1) is 0 Å². The standard InChI is InChI=1S/C12H23NO10/c14-3-1(4(15)8(19)11(22)7(3)18)13-2-5(16)9(20)12(23)10(21)6(2)17/h1-23H/t1?,2?,3-,4+,5-,6+,7-,8-,9-,10-,11?,12?/m0/s1. The maximum Gasteiger partial charge on any atom is 0.111 e. The smallest absolute Gasteiger partial charge is 0.111 e. The van der Waals surface area contributed by atoms with E-state index in [1.165, 1.54) is 0 Å². The van der Waals surface area contributed by atoms with E-state index >= 15 is 0 Å². The topological polar surface area (TPSA) is 214 Å². The maximum atomic E-state index is 9.90. The van der Waals surface area contributed by atoms with E-state index in [0.717, 1.165) is 0 Å². The van der Waals surface area contributed by atoms with Gasteiger partial charge < -0.3 is 56.4 Å². The van der Waals surface area contributed by atoms with Crippen LogP contribution in [-0.2, 0) is 0 Å². The van der Waals surface area contributed by atoms with Gasteiger partial charge in [-0.2, -0.15) is 0 Å². The largest absolute Gasteiger partial charge is 0.389 e. The van der Waals surface area contributed by atoms with E-state index in [4.69, 9.17) is 0 Å². The van der Waals surface area contributed by atoms with Gasteiger partial charge in [0, 0.05) is 0 Å². The van der Waals surface area contributed by atoms with Crippen molar-refractivity contribution in [3.63, 3.8) is 0 Å². The quantitative estimate of drug-likeness (QED) is 0.227. The molecule has 11 heteroatoms. The van der Waals surface area contributed by atoms with Gasteiger partial charge in [-0.3, -0.25) is 0 Å². The van der Waals surface area contributed by atoms with Crippen molar-refractivity contribution >= 4 is 0 Å². The molecule has 2 rings (SSSR count). The van der Waals surface area contributed by atoms with Crippen LogP contribution in [0.3, 0.4) is 0 Å². The third kappa shape index (κ3) is 3.10. The molecule has 4 unspecified atom stereocenters. The van der Waals surface area contributed by atoms with E-state index in [2.05, 4.69) is 5.32 Å². The minimum atomic E-state index is -1.82. The SMILES string of the molecule is OC1[C@@H](O)[C@H](O)C(NC2[C@@H](O)[C@H](O)C(O)[C@@H](O)[C@H]2O)[C@H](O)[C@@H]1O. The number of hydrogen-bond donors (Lipinski definition) is 11. The highest BCUT2D eigenvalue weighted by atomic mass is 16.4. The molecule has 0 amide bonds. The van der Waals surface area contributed by atoms with Crippen LogP contribution in [0.15, 0.2) is 0 Å². The zero-order valence-corrected chi connectivity index (χ0v) is 11.9. The van der Waals surface area contributed by atoms with Gasteiger partial charge in [0.15, 0.2) is 0 Å². The summed E-state index contributed by atoms with van der Waals surface area (Å²) in [6.07, 6.45) is -18.0. The number of rotatable bonds is 2. The molecule has 0 radical (unpaired) electrons. The molecular formula is C12H23NO10. The van der Waals surface area contributed by atoms with E-state index in [9.17, 15) is 51.1 Å². The molecule has 2 fully saturated rings. The Morgan fingerprint density at radius 1 is 0.304 bits per heavy atom. The van der Waals surface area contributed by atoms with Gasteiger partial charge in [-0.05, 0) is 0 Å². The zero-order valence-electron chi connectivity index (χ0n) is 11.9. The highest BCUT2D eigenvalue weighted by Gasteiger charge is 2.53. The Morgan fingerprint density at radius 2 is 0.478 bits per heavy atom. The molecule has 2 aliphatic carbocycles. The van der Waals surface area contributed by atoms with Crippen LogP contribution < -0.4 is 5.32 Å². The first-order valence-corrected chi connectivity index (χ1v) is 7.16. The van der Waals surface area contributed by atoms with Crippen molar-refractivity contribution in [3.05, 3.63) is 0 Å². The van der Waals surface area contributed by atoms with Crippen LogP contribution in [0.5, 0.6) is 0 Å². The van der Waals surface area contributed by atoms with Gasteiger partial charge in [0.05, 0.1) is 12.1 Å². The molecule has 12 atom stereocenters. The fourth-order valence-electron chi connectivity index (χ4n) is 3.08. The molecule has 136 valence electrons. The van der Waals surface area contributed by atoms with Crippen molar-refractivity contribution in [1.82, 2.24) is 5.32 Å². The fourth-order valence-corrected chi connectivity index (χ4v) is 3.08. The summed E-state index contributed by atoms with van der Waals surface area (Å²) < 4.78 is 0. The lowest BCUT2D eigenvalue weighted by Gasteiger charge is -2.47. The van der Waals surface area contributed by atoms with Crippen LogP contribution >= 0.6 is 0 Å². The molecule has 0 aromatic carbocycles. The first-order valence-electron chi connectivity index (χ1n) is 7.16. The normalized spacial score (nSPS) is 58.2. The van der Waals surface area contributed by atoms with Crippen molar-refractivity contribution in [2.75, 3.05) is 0 Å². The summed E-state index contributed by atoms with van der Waals surface area (Å²) in [6, 6.07) is -2.99. The number of aliphatic hydroxyl groups is 10. The summed E-state index contributed by atoms with van der Waals surface area (Å²) in [6.45, 7) is 0. The van der Waals surface area contributed by atoms with Gasteiger partial charge in [0.25, 0.3) is 0 Å². The van der Waals surface area contributed by atoms with E-state index < -0.39 is 73.1 Å². The van der Waals surface area contributed by atoms with Gasteiger partial charge in [0.1, 0.15) is 61.0 Å². The van der Waals surface area contributed by atoms with Crippen molar-refractivity contribution in [3.8, 4) is 0 Å². The van der Waals surface area contributed by atoms with Gasteiger partial charge in [-0.1, -0.05) is 0 Å². The first kappa shape index (κ1) is 18.9. The number of hydrogen-bond acceptors (Lipinski definition) is 11. The van der Waals surface area contributed by atoms with Crippen molar-refractivity contribution in [2.24, 2.45) is 0 Å². The predicted octanol–water partition coefficient (Wildman–Crippen LogP) is -7.05. The summed E-state index contributed by atoms with van der Waals surface area (Å²) in [5, 5.41) is 99.5. The van der Waals surface area contributed by atoms with E-state index in [0.29, 0.717) is 0 Å². The molecule has 2 aliphatic rings. The molecule has 0 aromatic rings. The van der Waals surface area contributed by atoms with Crippen LogP contribution in [0.2, 0.25) is 0 Å². The Labute approximate surface area is 130 Å². The highest BCUT2D eigenvalue weighted by molar-refractivity contribution is 5.08. The highest BCUT2D eigenvalue weighted by Crippen LogP contribution is 2.26. The third-order valence-electron chi connectivity index (χ3n) is 4.66. The first-order chi connectivity index (χ1) is 10.6. The molecule has 0 saturated heterocycles. The monoisotopic (exact) mass is 341 g/mol. The second-order valence-electron chi connectivity index (χ2n) is 6.12. The van der Waals surface area contributed by atoms with Gasteiger partial charge in [-0.25, -0.2) is 0 Å². The Morgan fingerprint density at radius 3 is 0.696 bits per heavy atom. The second-order valence-corrected chi connectivity index (χ2v) is 6.12. The van der Waals surface area contributed by atoms with Gasteiger partial charge >= 0.3 is 0 Å². The van der Waals surface area contributed by atoms with Crippen LogP contribution in [0.1, 0.15) is 0 Å². The van der Waals surface area contributed by atoms with Crippen molar-refractivity contribution in [2.45, 2.75) is 73.1 Å². The molecule has 2 saturated carbocycles. The molecule has 0 spiro atoms. The summed E-state index contributed by atoms with van der Waals surface area (Å²) in [5.41, 5.74) is 0. The molecule has 11 N–H and O–H groups in total. The zero-order chi connectivity index (χ0) is 17.6. The summed E-state index contributed by atoms with van der Waals surface area (Å²) in [4.78, 5) is 0. The minimum absolute atomic E-state index is 1.49. The summed E-state index contributed by atoms with van der Waals surface area (Å²) in [5.74, 6) is 0. The van der Waals surface area contributed by atoms with Crippen LogP contribution in [0.4, 0.5) is 0 Å². The van der Waals surface area contributed by atoms with E-state index in [1.807, 2.05) is 0 Å². The lowest BCUT2D eigenvalue weighted by atomic mass is 9.79. The molecule has 0 heterocycles. The third-order valence-corrected chi connectivity index (χ3v) is 4.66. The molecule has 0 aromatic heterocycles. The summed E-state index contributed by atoms with van der Waals surface area (Å²) >= 11 is 0. The van der Waals surface area contributed by atoms with Crippen LogP contribution in [0.25, 0.3) is 0 Å². The average Bonchev–Trinajstić information content (AvgIpc) is 2.54. The van der Waals surface area contributed by atoms with Crippen LogP contribution in [-0.4, -0.2) is 124 Å². The van der Waals surface area contributed by atoms with E-state index in [-0.39, 0.29) is 0 Å². The molecule has 0 aliphatic heterocycles. The Kier molecular flexibility index (Phi) is 5.60. The molecular weight excluding hydrogens is 318 g/mol. The Bertz CT molecular complexity index is 345. The summed E-state index contributed by atoms with van der Waals surface area (Å²) in [7, 11) is 0. The maximum absolute atomic E-state index is 9.90. The van der Waals surface area contributed by atoms with Crippen molar-refractivity contribution in [1.29, 1.82) is 0 Å². The Hall–Kier alpha value is -0.440. The molecule has 11 nitrogen and oxygen atoms in total. The molecule has 23 heavy (non-hydrogen) atoms. The second kappa shape index (κ2) is 6.82. The van der Waals surface area contributed by atoms with Crippen molar-refractivity contribution < 1.29 is 51.1 Å². The lowest BCUT2D eigenvalue weighted by Crippen LogP contribution is -2.74. The predicted molar refractivity (Wildman–Crippen MR) is 70.8 cm³/mol. The minimum Gasteiger partial charge on any atom is -0.389 e. The number of nitrogens with one attached hydrogen (secondary N) is 1. The fraction of sp³-hybridized carbons (Fsp3) is 1.00.